The van der Waals surface area contributed by atoms with Crippen molar-refractivity contribution in [2.75, 3.05) is 13.1 Å². The summed E-state index contributed by atoms with van der Waals surface area (Å²) >= 11 is 6.16. The van der Waals surface area contributed by atoms with Crippen LogP contribution in [0.5, 0.6) is 5.75 Å². The van der Waals surface area contributed by atoms with E-state index >= 15 is 0 Å². The first-order chi connectivity index (χ1) is 11.1. The summed E-state index contributed by atoms with van der Waals surface area (Å²) in [5.74, 6) is 0.0686. The maximum Gasteiger partial charge on any atom is 0.306 e. The van der Waals surface area contributed by atoms with E-state index in [9.17, 15) is 4.79 Å². The molecule has 0 radical (unpaired) electrons. The molecule has 1 saturated heterocycles. The van der Waals surface area contributed by atoms with Gasteiger partial charge in [0.05, 0.1) is 12.0 Å². The van der Waals surface area contributed by atoms with Crippen LogP contribution in [0.2, 0.25) is 5.02 Å². The second-order valence-electron chi connectivity index (χ2n) is 6.67. The van der Waals surface area contributed by atoms with Crippen molar-refractivity contribution in [1.82, 2.24) is 4.90 Å². The molecule has 1 saturated carbocycles. The lowest BCUT2D eigenvalue weighted by atomic mass is 9.97. The predicted molar refractivity (Wildman–Crippen MR) is 90.0 cm³/mol. The Hall–Kier alpha value is -1.26. The largest absolute Gasteiger partial charge is 0.490 e. The SMILES string of the molecule is O=C(O)C1CCN(Cc2cc(Cl)ccc2OC2CCCC2)CC1. The topological polar surface area (TPSA) is 49.8 Å². The number of aliphatic carboxylic acids is 1. The third-order valence-corrected chi connectivity index (χ3v) is 5.18. The lowest BCUT2D eigenvalue weighted by molar-refractivity contribution is -0.143. The van der Waals surface area contributed by atoms with Crippen LogP contribution in [0.4, 0.5) is 0 Å². The third kappa shape index (κ3) is 4.39. The number of hydrogen-bond acceptors (Lipinski definition) is 3. The second kappa shape index (κ2) is 7.54. The molecule has 2 fully saturated rings. The number of piperidine rings is 1. The van der Waals surface area contributed by atoms with Gasteiger partial charge in [0, 0.05) is 17.1 Å². The van der Waals surface area contributed by atoms with E-state index < -0.39 is 5.97 Å². The molecule has 1 aromatic rings. The van der Waals surface area contributed by atoms with Crippen LogP contribution in [0.1, 0.15) is 44.1 Å². The molecule has 1 heterocycles. The van der Waals surface area contributed by atoms with Crippen molar-refractivity contribution >= 4 is 17.6 Å². The summed E-state index contributed by atoms with van der Waals surface area (Å²) in [6.07, 6.45) is 6.52. The Morgan fingerprint density at radius 2 is 1.91 bits per heavy atom. The monoisotopic (exact) mass is 337 g/mol. The van der Waals surface area contributed by atoms with Crippen molar-refractivity contribution in [1.29, 1.82) is 0 Å². The highest BCUT2D eigenvalue weighted by molar-refractivity contribution is 6.30. The number of hydrogen-bond donors (Lipinski definition) is 1. The lowest BCUT2D eigenvalue weighted by Gasteiger charge is -2.30. The van der Waals surface area contributed by atoms with Gasteiger partial charge >= 0.3 is 5.97 Å². The Bertz CT molecular complexity index is 549. The summed E-state index contributed by atoms with van der Waals surface area (Å²) in [4.78, 5) is 13.4. The Balaban J connectivity index is 1.64. The fourth-order valence-corrected chi connectivity index (χ4v) is 3.75. The van der Waals surface area contributed by atoms with Crippen molar-refractivity contribution in [2.24, 2.45) is 5.92 Å². The van der Waals surface area contributed by atoms with Gasteiger partial charge in [0.1, 0.15) is 5.75 Å². The normalized spacial score (nSPS) is 20.7. The van der Waals surface area contributed by atoms with Gasteiger partial charge in [0.25, 0.3) is 0 Å². The molecular weight excluding hydrogens is 314 g/mol. The number of benzene rings is 1. The molecule has 126 valence electrons. The van der Waals surface area contributed by atoms with E-state index in [0.29, 0.717) is 18.9 Å². The average Bonchev–Trinajstić information content (AvgIpc) is 3.03. The van der Waals surface area contributed by atoms with Crippen LogP contribution in [0, 0.1) is 5.92 Å². The molecule has 5 heteroatoms. The molecule has 0 spiro atoms. The summed E-state index contributed by atoms with van der Waals surface area (Å²) in [6, 6.07) is 5.83. The van der Waals surface area contributed by atoms with Crippen molar-refractivity contribution in [3.05, 3.63) is 28.8 Å². The zero-order valence-electron chi connectivity index (χ0n) is 13.3. The highest BCUT2D eigenvalue weighted by atomic mass is 35.5. The molecule has 1 aromatic carbocycles. The third-order valence-electron chi connectivity index (χ3n) is 4.95. The highest BCUT2D eigenvalue weighted by Crippen LogP contribution is 2.30. The van der Waals surface area contributed by atoms with Crippen LogP contribution in [0.15, 0.2) is 18.2 Å². The van der Waals surface area contributed by atoms with Gasteiger partial charge in [-0.2, -0.15) is 0 Å². The van der Waals surface area contributed by atoms with Gasteiger partial charge in [-0.05, 0) is 69.8 Å². The molecule has 1 aliphatic carbocycles. The van der Waals surface area contributed by atoms with E-state index in [1.54, 1.807) is 0 Å². The quantitative estimate of drug-likeness (QED) is 0.883. The highest BCUT2D eigenvalue weighted by Gasteiger charge is 2.25. The molecule has 1 aliphatic heterocycles. The first-order valence-electron chi connectivity index (χ1n) is 8.52. The fourth-order valence-electron chi connectivity index (χ4n) is 3.55. The molecule has 23 heavy (non-hydrogen) atoms. The zero-order valence-corrected chi connectivity index (χ0v) is 14.1. The van der Waals surface area contributed by atoms with E-state index in [0.717, 1.165) is 48.8 Å². The number of carboxylic acids is 1. The van der Waals surface area contributed by atoms with E-state index in [4.69, 9.17) is 21.4 Å². The smallest absolute Gasteiger partial charge is 0.306 e. The molecule has 4 nitrogen and oxygen atoms in total. The number of rotatable bonds is 5. The molecule has 0 aromatic heterocycles. The van der Waals surface area contributed by atoms with Crippen molar-refractivity contribution in [3.63, 3.8) is 0 Å². The van der Waals surface area contributed by atoms with Crippen molar-refractivity contribution < 1.29 is 14.6 Å². The molecule has 1 N–H and O–H groups in total. The number of nitrogens with zero attached hydrogens (tertiary/aromatic N) is 1. The minimum absolute atomic E-state index is 0.195. The zero-order chi connectivity index (χ0) is 16.2. The molecule has 0 bridgehead atoms. The van der Waals surface area contributed by atoms with Crippen LogP contribution in [0.25, 0.3) is 0 Å². The Morgan fingerprint density at radius 1 is 1.22 bits per heavy atom. The summed E-state index contributed by atoms with van der Waals surface area (Å²) in [5.41, 5.74) is 1.11. The first kappa shape index (κ1) is 16.6. The van der Waals surface area contributed by atoms with Gasteiger partial charge in [0.2, 0.25) is 0 Å². The van der Waals surface area contributed by atoms with Gasteiger partial charge < -0.3 is 9.84 Å². The molecule has 0 unspecified atom stereocenters. The van der Waals surface area contributed by atoms with Gasteiger partial charge in [-0.3, -0.25) is 9.69 Å². The van der Waals surface area contributed by atoms with Crippen LogP contribution >= 0.6 is 11.6 Å². The standard InChI is InChI=1S/C18H24ClNO3/c19-15-5-6-17(23-16-3-1-2-4-16)14(11-15)12-20-9-7-13(8-10-20)18(21)22/h5-6,11,13,16H,1-4,7-10,12H2,(H,21,22). The van der Waals surface area contributed by atoms with E-state index in [2.05, 4.69) is 4.90 Å². The Morgan fingerprint density at radius 3 is 2.57 bits per heavy atom. The van der Waals surface area contributed by atoms with Gasteiger partial charge in [-0.25, -0.2) is 0 Å². The first-order valence-corrected chi connectivity index (χ1v) is 8.90. The van der Waals surface area contributed by atoms with Crippen LogP contribution in [-0.4, -0.2) is 35.2 Å². The van der Waals surface area contributed by atoms with Gasteiger partial charge in [-0.1, -0.05) is 11.6 Å². The maximum absolute atomic E-state index is 11.1. The lowest BCUT2D eigenvalue weighted by Crippen LogP contribution is -2.36. The second-order valence-corrected chi connectivity index (χ2v) is 7.10. The minimum Gasteiger partial charge on any atom is -0.490 e. The van der Waals surface area contributed by atoms with Gasteiger partial charge in [0.15, 0.2) is 0 Å². The number of likely N-dealkylation sites (tertiary alicyclic amines) is 1. The fraction of sp³-hybridized carbons (Fsp3) is 0.611. The Kier molecular flexibility index (Phi) is 5.44. The molecule has 3 rings (SSSR count). The minimum atomic E-state index is -0.669. The summed E-state index contributed by atoms with van der Waals surface area (Å²) < 4.78 is 6.18. The number of halogens is 1. The Labute approximate surface area is 142 Å². The number of carboxylic acid groups (broad SMARTS) is 1. The molecule has 2 aliphatic rings. The van der Waals surface area contributed by atoms with Crippen LogP contribution in [0.3, 0.4) is 0 Å². The molecule has 0 amide bonds. The molecule has 0 atom stereocenters. The summed E-state index contributed by atoms with van der Waals surface area (Å²) in [7, 11) is 0. The summed E-state index contributed by atoms with van der Waals surface area (Å²) in [6.45, 7) is 2.40. The predicted octanol–water partition coefficient (Wildman–Crippen LogP) is 3.96. The van der Waals surface area contributed by atoms with Crippen molar-refractivity contribution in [2.45, 2.75) is 51.2 Å². The van der Waals surface area contributed by atoms with E-state index in [-0.39, 0.29) is 5.92 Å². The number of carbonyl (C=O) groups is 1. The van der Waals surface area contributed by atoms with Crippen LogP contribution in [-0.2, 0) is 11.3 Å². The van der Waals surface area contributed by atoms with E-state index in [1.165, 1.54) is 12.8 Å². The van der Waals surface area contributed by atoms with Gasteiger partial charge in [-0.15, -0.1) is 0 Å². The summed E-state index contributed by atoms with van der Waals surface area (Å²) in [5, 5.41) is 9.82. The van der Waals surface area contributed by atoms with Crippen LogP contribution < -0.4 is 4.74 Å². The number of ether oxygens (including phenoxy) is 1. The molecular formula is C18H24ClNO3. The average molecular weight is 338 g/mol. The van der Waals surface area contributed by atoms with Crippen molar-refractivity contribution in [3.8, 4) is 5.75 Å². The van der Waals surface area contributed by atoms with E-state index in [1.807, 2.05) is 18.2 Å². The maximum atomic E-state index is 11.1.